The number of methoxy groups -OCH3 is 2. The van der Waals surface area contributed by atoms with E-state index < -0.39 is 5.92 Å². The van der Waals surface area contributed by atoms with Gasteiger partial charge in [0, 0.05) is 36.2 Å². The number of thioether (sulfide) groups is 1. The first-order valence-electron chi connectivity index (χ1n) is 13.0. The van der Waals surface area contributed by atoms with Crippen LogP contribution in [-0.2, 0) is 9.59 Å². The molecule has 3 N–H and O–H groups in total. The number of ether oxygens (including phenoxy) is 2. The zero-order valence-electron chi connectivity index (χ0n) is 23.5. The van der Waals surface area contributed by atoms with Gasteiger partial charge in [-0.15, -0.1) is 10.2 Å². The van der Waals surface area contributed by atoms with Gasteiger partial charge in [0.1, 0.15) is 17.3 Å². The minimum atomic E-state index is -0.612. The SMILES string of the molecule is COc1ccc(NC(=O)CSc2nnc(N3C(N)=C(C#N)C(c4cccnc4)C4=C3CC(C)(C)CC4=O)s2)c(OC)c1. The molecule has 2 aromatic heterocycles. The fraction of sp³-hybridized carbons (Fsp3) is 0.310. The van der Waals surface area contributed by atoms with Gasteiger partial charge in [-0.1, -0.05) is 43.0 Å². The van der Waals surface area contributed by atoms with Crippen LogP contribution in [-0.4, -0.2) is 46.8 Å². The molecular weight excluding hydrogens is 574 g/mol. The molecule has 1 aliphatic heterocycles. The predicted octanol–water partition coefficient (Wildman–Crippen LogP) is 4.62. The molecule has 3 aromatic rings. The van der Waals surface area contributed by atoms with E-state index in [2.05, 4.69) is 26.6 Å². The lowest BCUT2D eigenvalue weighted by molar-refractivity contribution is -0.118. The molecule has 1 aliphatic carbocycles. The van der Waals surface area contributed by atoms with E-state index in [0.29, 0.717) is 50.8 Å². The van der Waals surface area contributed by atoms with Crippen molar-refractivity contribution in [3.63, 3.8) is 0 Å². The molecule has 0 saturated carbocycles. The first-order valence-corrected chi connectivity index (χ1v) is 14.8. The molecule has 5 rings (SSSR count). The third-order valence-electron chi connectivity index (χ3n) is 7.00. The fourth-order valence-electron chi connectivity index (χ4n) is 5.17. The third kappa shape index (κ3) is 5.68. The highest BCUT2D eigenvalue weighted by Gasteiger charge is 2.45. The fourth-order valence-corrected chi connectivity index (χ4v) is 6.85. The Kier molecular flexibility index (Phi) is 8.20. The Morgan fingerprint density at radius 2 is 2.07 bits per heavy atom. The molecule has 0 radical (unpaired) electrons. The zero-order chi connectivity index (χ0) is 30.0. The summed E-state index contributed by atoms with van der Waals surface area (Å²) in [7, 11) is 3.07. The summed E-state index contributed by atoms with van der Waals surface area (Å²) in [6, 6.07) is 11.0. The lowest BCUT2D eigenvalue weighted by atomic mass is 9.69. The number of aromatic nitrogens is 3. The average molecular weight is 604 g/mol. The van der Waals surface area contributed by atoms with Crippen LogP contribution in [0.15, 0.2) is 69.7 Å². The number of Topliss-reactive ketones (excluding diaryl/α,β-unsaturated/α-hetero) is 1. The highest BCUT2D eigenvalue weighted by molar-refractivity contribution is 8.01. The van der Waals surface area contributed by atoms with Crippen LogP contribution in [0, 0.1) is 16.7 Å². The normalized spacial score (nSPS) is 17.9. The highest BCUT2D eigenvalue weighted by atomic mass is 32.2. The Hall–Kier alpha value is -4.41. The number of carbonyl (C=O) groups excluding carboxylic acids is 2. The molecule has 1 amide bonds. The number of hydrogen-bond donors (Lipinski definition) is 2. The second-order valence-electron chi connectivity index (χ2n) is 10.5. The molecule has 0 bridgehead atoms. The lowest BCUT2D eigenvalue weighted by Crippen LogP contribution is -2.42. The van der Waals surface area contributed by atoms with Crippen molar-refractivity contribution < 1.29 is 19.1 Å². The minimum absolute atomic E-state index is 0.0369. The molecular formula is C29H29N7O4S2. The molecule has 0 spiro atoms. The maximum atomic E-state index is 13.6. The number of nitriles is 1. The van der Waals surface area contributed by atoms with E-state index in [0.717, 1.165) is 5.56 Å². The number of nitrogens with two attached hydrogens (primary N) is 1. The number of rotatable bonds is 8. The number of amides is 1. The number of pyridine rings is 1. The molecule has 1 atom stereocenters. The zero-order valence-corrected chi connectivity index (χ0v) is 25.1. The summed E-state index contributed by atoms with van der Waals surface area (Å²) >= 11 is 2.45. The van der Waals surface area contributed by atoms with E-state index in [1.807, 2.05) is 19.9 Å². The van der Waals surface area contributed by atoms with Crippen molar-refractivity contribution >= 4 is 45.6 Å². The third-order valence-corrected chi connectivity index (χ3v) is 9.04. The first kappa shape index (κ1) is 29.1. The second-order valence-corrected chi connectivity index (χ2v) is 12.7. The van der Waals surface area contributed by atoms with Crippen molar-refractivity contribution in [2.45, 2.75) is 36.9 Å². The quantitative estimate of drug-likeness (QED) is 0.346. The summed E-state index contributed by atoms with van der Waals surface area (Å²) in [6.07, 6.45) is 4.21. The summed E-state index contributed by atoms with van der Waals surface area (Å²) in [4.78, 5) is 32.2. The highest BCUT2D eigenvalue weighted by Crippen LogP contribution is 2.50. The Labute approximate surface area is 251 Å². The Balaban J connectivity index is 1.42. The van der Waals surface area contributed by atoms with Crippen molar-refractivity contribution in [3.05, 3.63) is 71.0 Å². The smallest absolute Gasteiger partial charge is 0.234 e. The Morgan fingerprint density at radius 1 is 1.26 bits per heavy atom. The number of nitrogens with zero attached hydrogens (tertiary/aromatic N) is 5. The van der Waals surface area contributed by atoms with Gasteiger partial charge in [0.15, 0.2) is 10.1 Å². The van der Waals surface area contributed by atoms with E-state index >= 15 is 0 Å². The van der Waals surface area contributed by atoms with Crippen LogP contribution >= 0.6 is 23.1 Å². The van der Waals surface area contributed by atoms with E-state index in [4.69, 9.17) is 15.2 Å². The Bertz CT molecular complexity index is 1640. The number of benzene rings is 1. The topological polar surface area (TPSA) is 156 Å². The van der Waals surface area contributed by atoms with E-state index in [-0.39, 0.29) is 34.3 Å². The molecule has 13 heteroatoms. The molecule has 0 saturated heterocycles. The maximum Gasteiger partial charge on any atom is 0.234 e. The first-order chi connectivity index (χ1) is 20.2. The van der Waals surface area contributed by atoms with Gasteiger partial charge < -0.3 is 20.5 Å². The van der Waals surface area contributed by atoms with Gasteiger partial charge in [0.2, 0.25) is 11.0 Å². The van der Waals surface area contributed by atoms with E-state index in [9.17, 15) is 14.9 Å². The van der Waals surface area contributed by atoms with Gasteiger partial charge in [0.05, 0.1) is 43.2 Å². The van der Waals surface area contributed by atoms with Crippen LogP contribution in [0.3, 0.4) is 0 Å². The van der Waals surface area contributed by atoms with Crippen molar-refractivity contribution in [3.8, 4) is 17.6 Å². The number of ketones is 1. The van der Waals surface area contributed by atoms with Gasteiger partial charge in [-0.25, -0.2) is 0 Å². The Morgan fingerprint density at radius 3 is 2.76 bits per heavy atom. The van der Waals surface area contributed by atoms with Crippen LogP contribution in [0.5, 0.6) is 11.5 Å². The molecule has 42 heavy (non-hydrogen) atoms. The number of carbonyl (C=O) groups is 2. The molecule has 2 aliphatic rings. The van der Waals surface area contributed by atoms with Gasteiger partial charge in [-0.05, 0) is 35.6 Å². The summed E-state index contributed by atoms with van der Waals surface area (Å²) in [5, 5.41) is 22.1. The molecule has 1 unspecified atom stereocenters. The molecule has 0 fully saturated rings. The van der Waals surface area contributed by atoms with E-state index in [1.54, 1.807) is 48.7 Å². The number of anilines is 2. The number of nitrogens with one attached hydrogen (secondary N) is 1. The van der Waals surface area contributed by atoms with E-state index in [1.165, 1.54) is 30.2 Å². The van der Waals surface area contributed by atoms with Crippen molar-refractivity contribution in [2.75, 3.05) is 30.2 Å². The summed E-state index contributed by atoms with van der Waals surface area (Å²) in [6.45, 7) is 4.06. The molecule has 216 valence electrons. The van der Waals surface area contributed by atoms with Gasteiger partial charge in [-0.2, -0.15) is 5.26 Å². The summed E-state index contributed by atoms with van der Waals surface area (Å²) < 4.78 is 11.1. The monoisotopic (exact) mass is 603 g/mol. The van der Waals surface area contributed by atoms with Gasteiger partial charge >= 0.3 is 0 Å². The van der Waals surface area contributed by atoms with Crippen LogP contribution in [0.1, 0.15) is 38.2 Å². The molecule has 3 heterocycles. The van der Waals surface area contributed by atoms with Gasteiger partial charge in [-0.3, -0.25) is 19.5 Å². The lowest BCUT2D eigenvalue weighted by Gasteiger charge is -2.42. The molecule has 11 nitrogen and oxygen atoms in total. The van der Waals surface area contributed by atoms with Crippen molar-refractivity contribution in [2.24, 2.45) is 11.1 Å². The minimum Gasteiger partial charge on any atom is -0.497 e. The van der Waals surface area contributed by atoms with Crippen LogP contribution in [0.25, 0.3) is 0 Å². The van der Waals surface area contributed by atoms with Crippen LogP contribution in [0.4, 0.5) is 10.8 Å². The summed E-state index contributed by atoms with van der Waals surface area (Å²) in [5.41, 5.74) is 9.09. The average Bonchev–Trinajstić information content (AvgIpc) is 3.44. The standard InChI is InChI=1S/C29H29N7O4S2/c1-29(2)11-20-25(21(37)12-29)24(16-6-5-9-32-14-16)18(13-30)26(31)36(20)27-34-35-28(42-27)41-15-23(38)33-19-8-7-17(39-3)10-22(19)40-4/h5-10,14,24H,11-12,15,31H2,1-4H3,(H,33,38). The van der Waals surface area contributed by atoms with Gasteiger partial charge in [0.25, 0.3) is 0 Å². The number of hydrogen-bond acceptors (Lipinski definition) is 12. The van der Waals surface area contributed by atoms with Crippen LogP contribution < -0.4 is 25.4 Å². The van der Waals surface area contributed by atoms with Crippen molar-refractivity contribution in [1.29, 1.82) is 5.26 Å². The largest absolute Gasteiger partial charge is 0.497 e. The van der Waals surface area contributed by atoms with Crippen LogP contribution in [0.2, 0.25) is 0 Å². The number of allylic oxidation sites excluding steroid dienone is 3. The van der Waals surface area contributed by atoms with Crippen molar-refractivity contribution in [1.82, 2.24) is 15.2 Å². The maximum absolute atomic E-state index is 13.6. The summed E-state index contributed by atoms with van der Waals surface area (Å²) in [5.74, 6) is 0.454. The molecule has 1 aromatic carbocycles. The second kappa shape index (κ2) is 11.8. The predicted molar refractivity (Wildman–Crippen MR) is 160 cm³/mol.